The number of fused-ring (bicyclic) bond motifs is 1. The van der Waals surface area contributed by atoms with Crippen molar-refractivity contribution < 1.29 is 13.9 Å². The molecule has 1 amide bonds. The fourth-order valence-corrected chi connectivity index (χ4v) is 4.96. The Morgan fingerprint density at radius 1 is 1.21 bits per heavy atom. The van der Waals surface area contributed by atoms with Gasteiger partial charge in [0.1, 0.15) is 5.58 Å². The van der Waals surface area contributed by atoms with Crippen LogP contribution >= 0.6 is 0 Å². The van der Waals surface area contributed by atoms with Crippen molar-refractivity contribution in [3.63, 3.8) is 0 Å². The molecular formula is C24H36N2O3. The van der Waals surface area contributed by atoms with Crippen LogP contribution in [0.25, 0.3) is 11.0 Å². The average molecular weight is 401 g/mol. The van der Waals surface area contributed by atoms with E-state index in [0.29, 0.717) is 12.4 Å². The fraction of sp³-hybridized carbons (Fsp3) is 0.625. The van der Waals surface area contributed by atoms with Crippen LogP contribution < -0.4 is 5.32 Å². The largest absolute Gasteiger partial charge is 0.451 e. The van der Waals surface area contributed by atoms with Crippen molar-refractivity contribution in [2.75, 3.05) is 13.7 Å². The molecule has 160 valence electrons. The normalized spacial score (nSPS) is 18.8. The Morgan fingerprint density at radius 3 is 2.48 bits per heavy atom. The van der Waals surface area contributed by atoms with E-state index in [0.717, 1.165) is 48.8 Å². The van der Waals surface area contributed by atoms with Gasteiger partial charge in [0.05, 0.1) is 6.61 Å². The van der Waals surface area contributed by atoms with Gasteiger partial charge in [-0.25, -0.2) is 0 Å². The highest BCUT2D eigenvalue weighted by molar-refractivity contribution is 5.99. The van der Waals surface area contributed by atoms with Crippen molar-refractivity contribution in [2.24, 2.45) is 0 Å². The first kappa shape index (κ1) is 21.8. The summed E-state index contributed by atoms with van der Waals surface area (Å²) in [7, 11) is 1.66. The van der Waals surface area contributed by atoms with Crippen LogP contribution in [0, 0.1) is 0 Å². The van der Waals surface area contributed by atoms with Crippen LogP contribution in [0.2, 0.25) is 0 Å². The third-order valence-electron chi connectivity index (χ3n) is 5.80. The Balaban J connectivity index is 2.00. The molecule has 0 saturated carbocycles. The van der Waals surface area contributed by atoms with Gasteiger partial charge in [-0.05, 0) is 53.0 Å². The second-order valence-electron chi connectivity index (χ2n) is 9.65. The van der Waals surface area contributed by atoms with Crippen LogP contribution in [-0.2, 0) is 11.3 Å². The van der Waals surface area contributed by atoms with Crippen molar-refractivity contribution in [1.82, 2.24) is 10.2 Å². The lowest BCUT2D eigenvalue weighted by molar-refractivity contribution is 0.0412. The summed E-state index contributed by atoms with van der Waals surface area (Å²) >= 11 is 0. The highest BCUT2D eigenvalue weighted by Crippen LogP contribution is 2.34. The summed E-state index contributed by atoms with van der Waals surface area (Å²) in [6.07, 6.45) is 3.88. The maximum atomic E-state index is 13.8. The first-order valence-corrected chi connectivity index (χ1v) is 10.8. The van der Waals surface area contributed by atoms with Crippen molar-refractivity contribution in [1.29, 1.82) is 0 Å². The molecule has 0 atom stereocenters. The number of para-hydroxylation sites is 1. The smallest absolute Gasteiger partial charge is 0.290 e. The quantitative estimate of drug-likeness (QED) is 0.700. The Hall–Kier alpha value is -1.85. The standard InChI is InChI=1S/C24H36N2O3/c1-7-8-13-26(17-14-23(2,3)25-24(4,5)15-17)22(27)21-19(16-28-6)18-11-9-10-12-20(18)29-21/h9-12,17,25H,7-8,13-16H2,1-6H3. The number of nitrogens with zero attached hydrogens (tertiary/aromatic N) is 1. The lowest BCUT2D eigenvalue weighted by Gasteiger charge is -2.49. The minimum atomic E-state index is -0.0274. The van der Waals surface area contributed by atoms with Gasteiger partial charge < -0.3 is 19.4 Å². The van der Waals surface area contributed by atoms with Gasteiger partial charge >= 0.3 is 0 Å². The van der Waals surface area contributed by atoms with Crippen molar-refractivity contribution in [3.8, 4) is 0 Å². The van der Waals surface area contributed by atoms with E-state index < -0.39 is 0 Å². The van der Waals surface area contributed by atoms with E-state index in [4.69, 9.17) is 9.15 Å². The van der Waals surface area contributed by atoms with Crippen LogP contribution in [0.5, 0.6) is 0 Å². The number of furan rings is 1. The van der Waals surface area contributed by atoms with Crippen LogP contribution in [0.3, 0.4) is 0 Å². The molecule has 2 aromatic rings. The summed E-state index contributed by atoms with van der Waals surface area (Å²) < 4.78 is 11.5. The van der Waals surface area contributed by atoms with Gasteiger partial charge in [0.2, 0.25) is 0 Å². The van der Waals surface area contributed by atoms with Gasteiger partial charge in [0, 0.05) is 41.7 Å². The number of ether oxygens (including phenoxy) is 1. The van der Waals surface area contributed by atoms with Crippen LogP contribution in [-0.4, -0.2) is 41.6 Å². The lowest BCUT2D eigenvalue weighted by Crippen LogP contribution is -2.62. The van der Waals surface area contributed by atoms with Gasteiger partial charge in [-0.3, -0.25) is 4.79 Å². The van der Waals surface area contributed by atoms with Gasteiger partial charge in [-0.2, -0.15) is 0 Å². The summed E-state index contributed by atoms with van der Waals surface area (Å²) in [6, 6.07) is 7.99. The number of unbranched alkanes of at least 4 members (excludes halogenated alkanes) is 1. The number of carbonyl (C=O) groups excluding carboxylic acids is 1. The summed E-state index contributed by atoms with van der Waals surface area (Å²) in [4.78, 5) is 15.9. The van der Waals surface area contributed by atoms with Gasteiger partial charge in [0.15, 0.2) is 5.76 Å². The molecule has 2 heterocycles. The van der Waals surface area contributed by atoms with E-state index in [1.807, 2.05) is 24.3 Å². The highest BCUT2D eigenvalue weighted by atomic mass is 16.5. The molecule has 1 aromatic heterocycles. The molecule has 0 aliphatic carbocycles. The molecule has 1 aliphatic rings. The molecule has 1 aromatic carbocycles. The molecular weight excluding hydrogens is 364 g/mol. The number of nitrogens with one attached hydrogen (secondary N) is 1. The number of benzene rings is 1. The first-order chi connectivity index (χ1) is 13.7. The highest BCUT2D eigenvalue weighted by Gasteiger charge is 2.42. The zero-order valence-corrected chi connectivity index (χ0v) is 18.8. The monoisotopic (exact) mass is 400 g/mol. The summed E-state index contributed by atoms with van der Waals surface area (Å²) in [5.41, 5.74) is 1.53. The molecule has 1 fully saturated rings. The van der Waals surface area contributed by atoms with E-state index in [1.54, 1.807) is 7.11 Å². The Bertz CT molecular complexity index is 837. The van der Waals surface area contributed by atoms with E-state index >= 15 is 0 Å². The first-order valence-electron chi connectivity index (χ1n) is 10.8. The Kier molecular flexibility index (Phi) is 6.39. The number of methoxy groups -OCH3 is 1. The van der Waals surface area contributed by atoms with E-state index in [9.17, 15) is 4.79 Å². The van der Waals surface area contributed by atoms with E-state index in [1.165, 1.54) is 0 Å². The molecule has 1 saturated heterocycles. The second kappa shape index (κ2) is 8.49. The molecule has 0 spiro atoms. The predicted molar refractivity (Wildman–Crippen MR) is 117 cm³/mol. The summed E-state index contributed by atoms with van der Waals surface area (Å²) in [5.74, 6) is 0.415. The van der Waals surface area contributed by atoms with E-state index in [2.05, 4.69) is 44.8 Å². The maximum absolute atomic E-state index is 13.8. The lowest BCUT2D eigenvalue weighted by atomic mass is 9.79. The molecule has 5 nitrogen and oxygen atoms in total. The predicted octanol–water partition coefficient (Wildman–Crippen LogP) is 5.13. The number of rotatable bonds is 7. The molecule has 0 unspecified atom stereocenters. The van der Waals surface area contributed by atoms with Crippen LogP contribution in [0.4, 0.5) is 0 Å². The number of amides is 1. The molecule has 0 radical (unpaired) electrons. The zero-order valence-electron chi connectivity index (χ0n) is 18.8. The third-order valence-corrected chi connectivity index (χ3v) is 5.80. The third kappa shape index (κ3) is 4.84. The molecule has 0 bridgehead atoms. The topological polar surface area (TPSA) is 54.7 Å². The minimum absolute atomic E-state index is 0.0137. The molecule has 3 rings (SSSR count). The number of piperidine rings is 1. The van der Waals surface area contributed by atoms with Crippen LogP contribution in [0.1, 0.15) is 76.4 Å². The fourth-order valence-electron chi connectivity index (χ4n) is 4.96. The molecule has 5 heteroatoms. The van der Waals surface area contributed by atoms with Crippen molar-refractivity contribution >= 4 is 16.9 Å². The van der Waals surface area contributed by atoms with E-state index in [-0.39, 0.29) is 23.0 Å². The molecule has 1 aliphatic heterocycles. The average Bonchev–Trinajstić information content (AvgIpc) is 2.98. The molecule has 29 heavy (non-hydrogen) atoms. The van der Waals surface area contributed by atoms with Gasteiger partial charge in [-0.1, -0.05) is 31.5 Å². The van der Waals surface area contributed by atoms with Crippen molar-refractivity contribution in [2.45, 2.75) is 84.0 Å². The zero-order chi connectivity index (χ0) is 21.2. The number of hydrogen-bond donors (Lipinski definition) is 1. The van der Waals surface area contributed by atoms with Crippen LogP contribution in [0.15, 0.2) is 28.7 Å². The SMILES string of the molecule is CCCCN(C(=O)c1oc2ccccc2c1COC)C1CC(C)(C)NC(C)(C)C1. The minimum Gasteiger partial charge on any atom is -0.451 e. The summed E-state index contributed by atoms with van der Waals surface area (Å²) in [6.45, 7) is 12.2. The van der Waals surface area contributed by atoms with Gasteiger partial charge in [0.25, 0.3) is 5.91 Å². The number of hydrogen-bond acceptors (Lipinski definition) is 4. The number of carbonyl (C=O) groups is 1. The molecule has 1 N–H and O–H groups in total. The Morgan fingerprint density at radius 2 is 1.86 bits per heavy atom. The maximum Gasteiger partial charge on any atom is 0.290 e. The summed E-state index contributed by atoms with van der Waals surface area (Å²) in [5, 5.41) is 4.68. The second-order valence-corrected chi connectivity index (χ2v) is 9.65. The van der Waals surface area contributed by atoms with Gasteiger partial charge in [-0.15, -0.1) is 0 Å². The van der Waals surface area contributed by atoms with Crippen molar-refractivity contribution in [3.05, 3.63) is 35.6 Å². The Labute approximate surface area is 174 Å².